The summed E-state index contributed by atoms with van der Waals surface area (Å²) in [6.45, 7) is 0.366. The molecule has 0 unspecified atom stereocenters. The summed E-state index contributed by atoms with van der Waals surface area (Å²) in [5.41, 5.74) is 0. The van der Waals surface area contributed by atoms with E-state index in [2.05, 4.69) is 0 Å². The van der Waals surface area contributed by atoms with Crippen LogP contribution in [0, 0.1) is 0 Å². The molecule has 1 aromatic rings. The molecule has 0 aliphatic heterocycles. The van der Waals surface area contributed by atoms with Crippen molar-refractivity contribution in [1.82, 2.24) is 0 Å². The monoisotopic (exact) mass is 436 g/mol. The lowest BCUT2D eigenvalue weighted by Gasteiger charge is -2.13. The maximum atomic E-state index is 10.4. The van der Waals surface area contributed by atoms with Crippen molar-refractivity contribution in [2.75, 3.05) is 6.61 Å². The lowest BCUT2D eigenvalue weighted by atomic mass is 10.1. The molecule has 3 atom stereocenters. The maximum absolute atomic E-state index is 10.4. The molecule has 0 aliphatic carbocycles. The van der Waals surface area contributed by atoms with E-state index in [1.807, 2.05) is 0 Å². The van der Waals surface area contributed by atoms with E-state index in [1.165, 1.54) is 6.08 Å². The maximum Gasteiger partial charge on any atom is 0.303 e. The highest BCUT2D eigenvalue weighted by Gasteiger charge is 2.12. The third-order valence-electron chi connectivity index (χ3n) is 3.96. The predicted octanol–water partition coefficient (Wildman–Crippen LogP) is 3.67. The first-order valence-corrected chi connectivity index (χ1v) is 10.1. The molecule has 0 aliphatic rings. The Labute approximate surface area is 182 Å². The molecule has 164 valence electrons. The zero-order valence-electron chi connectivity index (χ0n) is 16.7. The Kier molecular flexibility index (Phi) is 13.2. The van der Waals surface area contributed by atoms with Crippen LogP contribution in [-0.2, 0) is 4.79 Å². The van der Waals surface area contributed by atoms with Gasteiger partial charge in [0.05, 0.1) is 24.9 Å². The number of carboxylic acid groups (broad SMARTS) is 1. The van der Waals surface area contributed by atoms with Crippen molar-refractivity contribution < 1.29 is 30.0 Å². The van der Waals surface area contributed by atoms with Gasteiger partial charge in [-0.15, -0.1) is 0 Å². The van der Waals surface area contributed by atoms with Crippen molar-refractivity contribution in [3.05, 3.63) is 77.9 Å². The fraction of sp³-hybridized carbons (Fsp3) is 0.348. The molecule has 0 saturated carbocycles. The van der Waals surface area contributed by atoms with E-state index in [1.54, 1.807) is 66.8 Å². The number of hydrogen-bond donors (Lipinski definition) is 4. The molecule has 0 aromatic heterocycles. The zero-order chi connectivity index (χ0) is 22.2. The van der Waals surface area contributed by atoms with Crippen LogP contribution in [0.4, 0.5) is 0 Å². The third kappa shape index (κ3) is 13.0. The Balaban J connectivity index is 2.21. The fourth-order valence-electron chi connectivity index (χ4n) is 2.34. The molecule has 6 nitrogen and oxygen atoms in total. The lowest BCUT2D eigenvalue weighted by Crippen LogP contribution is -2.23. The van der Waals surface area contributed by atoms with Crippen molar-refractivity contribution in [2.24, 2.45) is 0 Å². The first-order valence-electron chi connectivity index (χ1n) is 9.71. The van der Waals surface area contributed by atoms with Gasteiger partial charge in [0, 0.05) is 17.9 Å². The normalized spacial score (nSPS) is 15.3. The van der Waals surface area contributed by atoms with Crippen LogP contribution < -0.4 is 4.74 Å². The van der Waals surface area contributed by atoms with E-state index in [-0.39, 0.29) is 12.8 Å². The van der Waals surface area contributed by atoms with Gasteiger partial charge in [0.15, 0.2) is 0 Å². The van der Waals surface area contributed by atoms with Crippen LogP contribution in [-0.4, -0.2) is 51.3 Å². The number of carboxylic acids is 1. The van der Waals surface area contributed by atoms with Crippen LogP contribution >= 0.6 is 11.6 Å². The number of halogens is 1. The van der Waals surface area contributed by atoms with Gasteiger partial charge >= 0.3 is 5.97 Å². The van der Waals surface area contributed by atoms with E-state index in [4.69, 9.17) is 21.4 Å². The Morgan fingerprint density at radius 2 is 1.67 bits per heavy atom. The summed E-state index contributed by atoms with van der Waals surface area (Å²) in [4.78, 5) is 10.4. The second-order valence-electron chi connectivity index (χ2n) is 6.55. The summed E-state index contributed by atoms with van der Waals surface area (Å²) in [5, 5.41) is 38.5. The molecule has 7 heteroatoms. The van der Waals surface area contributed by atoms with Crippen molar-refractivity contribution in [1.29, 1.82) is 0 Å². The smallest absolute Gasteiger partial charge is 0.303 e. The van der Waals surface area contributed by atoms with Crippen molar-refractivity contribution >= 4 is 17.6 Å². The van der Waals surface area contributed by atoms with Crippen LogP contribution in [0.25, 0.3) is 0 Å². The minimum atomic E-state index is -1.04. The summed E-state index contributed by atoms with van der Waals surface area (Å²) in [6.07, 6.45) is 11.6. The van der Waals surface area contributed by atoms with Gasteiger partial charge in [-0.1, -0.05) is 66.3 Å². The van der Waals surface area contributed by atoms with Gasteiger partial charge in [-0.3, -0.25) is 4.79 Å². The SMILES string of the molecule is O=C(O)CCC[C@H](O)[C@H](O)/C=C/C=C/C=C\C=C\[C@H](O)CCOc1cccc(Cl)c1. The highest BCUT2D eigenvalue weighted by molar-refractivity contribution is 6.30. The minimum absolute atomic E-state index is 0.0324. The summed E-state index contributed by atoms with van der Waals surface area (Å²) >= 11 is 5.87. The molecule has 0 saturated heterocycles. The second kappa shape index (κ2) is 15.5. The molecular weight excluding hydrogens is 408 g/mol. The molecule has 4 N–H and O–H groups in total. The van der Waals surface area contributed by atoms with Crippen LogP contribution in [0.5, 0.6) is 5.75 Å². The van der Waals surface area contributed by atoms with Gasteiger partial charge in [0.25, 0.3) is 0 Å². The highest BCUT2D eigenvalue weighted by Crippen LogP contribution is 2.17. The van der Waals surface area contributed by atoms with Gasteiger partial charge in [-0.2, -0.15) is 0 Å². The molecule has 1 aromatic carbocycles. The quantitative estimate of drug-likeness (QED) is 0.331. The molecule has 0 spiro atoms. The van der Waals surface area contributed by atoms with Crippen molar-refractivity contribution in [3.63, 3.8) is 0 Å². The predicted molar refractivity (Wildman–Crippen MR) is 118 cm³/mol. The van der Waals surface area contributed by atoms with Crippen LogP contribution in [0.15, 0.2) is 72.9 Å². The van der Waals surface area contributed by atoms with E-state index < -0.39 is 24.3 Å². The number of aliphatic hydroxyl groups excluding tert-OH is 3. The largest absolute Gasteiger partial charge is 0.493 e. The number of benzene rings is 1. The second-order valence-corrected chi connectivity index (χ2v) is 6.98. The number of carbonyl (C=O) groups is 1. The topological polar surface area (TPSA) is 107 Å². The summed E-state index contributed by atoms with van der Waals surface area (Å²) in [5.74, 6) is -0.260. The first kappa shape index (κ1) is 25.7. The molecule has 30 heavy (non-hydrogen) atoms. The highest BCUT2D eigenvalue weighted by atomic mass is 35.5. The van der Waals surface area contributed by atoms with E-state index in [0.29, 0.717) is 30.2 Å². The Morgan fingerprint density at radius 1 is 1.00 bits per heavy atom. The Morgan fingerprint density at radius 3 is 2.33 bits per heavy atom. The van der Waals surface area contributed by atoms with E-state index in [9.17, 15) is 20.1 Å². The summed E-state index contributed by atoms with van der Waals surface area (Å²) in [6, 6.07) is 7.08. The van der Waals surface area contributed by atoms with Crippen LogP contribution in [0.1, 0.15) is 25.7 Å². The van der Waals surface area contributed by atoms with Gasteiger partial charge in [0.1, 0.15) is 5.75 Å². The molecule has 1 rings (SSSR count). The van der Waals surface area contributed by atoms with E-state index in [0.717, 1.165) is 0 Å². The number of aliphatic hydroxyl groups is 3. The van der Waals surface area contributed by atoms with Crippen LogP contribution in [0.2, 0.25) is 5.02 Å². The number of rotatable bonds is 14. The molecular formula is C23H29ClO6. The summed E-state index contributed by atoms with van der Waals surface area (Å²) in [7, 11) is 0. The number of hydrogen-bond acceptors (Lipinski definition) is 5. The fourth-order valence-corrected chi connectivity index (χ4v) is 2.52. The molecule has 0 fully saturated rings. The standard InChI is InChI=1S/C23H29ClO6/c24-18-9-7-11-20(17-18)30-16-15-19(25)10-5-3-1-2-4-6-12-21(26)22(27)13-8-14-23(28)29/h1-7,9-12,17,19,21-22,25-27H,8,13-16H2,(H,28,29)/b3-1-,4-2+,10-5+,12-6+/t19-,21+,22-/m0/s1. The van der Waals surface area contributed by atoms with Gasteiger partial charge in [-0.05, 0) is 31.0 Å². The average Bonchev–Trinajstić information content (AvgIpc) is 2.69. The number of allylic oxidation sites excluding steroid dienone is 6. The van der Waals surface area contributed by atoms with Gasteiger partial charge in [-0.25, -0.2) is 0 Å². The molecule has 0 bridgehead atoms. The van der Waals surface area contributed by atoms with Gasteiger partial charge < -0.3 is 25.2 Å². The van der Waals surface area contributed by atoms with Crippen LogP contribution in [0.3, 0.4) is 0 Å². The van der Waals surface area contributed by atoms with Crippen molar-refractivity contribution in [3.8, 4) is 5.75 Å². The first-order chi connectivity index (χ1) is 14.4. The molecule has 0 amide bonds. The Bertz CT molecular complexity index is 741. The summed E-state index contributed by atoms with van der Waals surface area (Å²) < 4.78 is 5.52. The third-order valence-corrected chi connectivity index (χ3v) is 4.20. The lowest BCUT2D eigenvalue weighted by molar-refractivity contribution is -0.137. The Hall–Kier alpha value is -2.38. The molecule has 0 radical (unpaired) electrons. The van der Waals surface area contributed by atoms with Gasteiger partial charge in [0.2, 0.25) is 0 Å². The zero-order valence-corrected chi connectivity index (χ0v) is 17.4. The average molecular weight is 437 g/mol. The number of aliphatic carboxylic acids is 1. The van der Waals surface area contributed by atoms with E-state index >= 15 is 0 Å². The minimum Gasteiger partial charge on any atom is -0.493 e. The number of ether oxygens (including phenoxy) is 1. The van der Waals surface area contributed by atoms with Crippen molar-refractivity contribution in [2.45, 2.75) is 44.0 Å². The molecule has 0 heterocycles.